The number of Topliss-reactive ketones (excluding diaryl/α,β-unsaturated/α-hetero) is 1. The number of aryl methyl sites for hydroxylation is 1. The molecule has 2 rings (SSSR count). The number of methoxy groups -OCH3 is 3. The van der Waals surface area contributed by atoms with Crippen molar-refractivity contribution in [3.8, 4) is 11.5 Å². The molecule has 1 aromatic heterocycles. The van der Waals surface area contributed by atoms with E-state index in [0.717, 1.165) is 5.56 Å². The Morgan fingerprint density at radius 3 is 2.39 bits per heavy atom. The number of nitrogens with one attached hydrogen (secondary N) is 1. The van der Waals surface area contributed by atoms with Crippen molar-refractivity contribution >= 4 is 11.8 Å². The Kier molecular flexibility index (Phi) is 6.85. The molecule has 152 valence electrons. The smallest absolute Gasteiger partial charge is 0.339 e. The minimum atomic E-state index is -0.450. The molecule has 1 atom stereocenters. The first kappa shape index (κ1) is 21.5. The van der Waals surface area contributed by atoms with Crippen LogP contribution >= 0.6 is 0 Å². The number of aromatic amines is 1. The Hall–Kier alpha value is -2.80. The Bertz CT molecular complexity index is 872. The highest BCUT2D eigenvalue weighted by atomic mass is 16.5. The van der Waals surface area contributed by atoms with E-state index < -0.39 is 12.0 Å². The van der Waals surface area contributed by atoms with Crippen molar-refractivity contribution in [2.75, 3.05) is 28.4 Å². The first-order valence-corrected chi connectivity index (χ1v) is 8.97. The van der Waals surface area contributed by atoms with E-state index in [1.807, 2.05) is 37.1 Å². The molecule has 2 aromatic rings. The van der Waals surface area contributed by atoms with E-state index in [4.69, 9.17) is 14.2 Å². The zero-order chi connectivity index (χ0) is 21.0. The fourth-order valence-electron chi connectivity index (χ4n) is 3.20. The Morgan fingerprint density at radius 1 is 1.14 bits per heavy atom. The van der Waals surface area contributed by atoms with Crippen molar-refractivity contribution in [2.24, 2.45) is 0 Å². The summed E-state index contributed by atoms with van der Waals surface area (Å²) in [6, 6.07) is 5.19. The lowest BCUT2D eigenvalue weighted by atomic mass is 10.0. The summed E-state index contributed by atoms with van der Waals surface area (Å²) in [5.41, 5.74) is 3.02. The molecule has 0 amide bonds. The number of ketones is 1. The molecule has 0 aliphatic carbocycles. The predicted octanol–water partition coefficient (Wildman–Crippen LogP) is 3.14. The summed E-state index contributed by atoms with van der Waals surface area (Å²) in [5.74, 6) is 0.867. The summed E-state index contributed by atoms with van der Waals surface area (Å²) < 4.78 is 15.5. The molecule has 0 spiro atoms. The summed E-state index contributed by atoms with van der Waals surface area (Å²) in [4.78, 5) is 30.0. The molecular weight excluding hydrogens is 360 g/mol. The van der Waals surface area contributed by atoms with Gasteiger partial charge in [-0.15, -0.1) is 0 Å². The van der Waals surface area contributed by atoms with E-state index in [0.29, 0.717) is 40.6 Å². The van der Waals surface area contributed by atoms with Crippen LogP contribution < -0.4 is 9.47 Å². The van der Waals surface area contributed by atoms with Gasteiger partial charge in [-0.25, -0.2) is 4.79 Å². The zero-order valence-corrected chi connectivity index (χ0v) is 17.5. The van der Waals surface area contributed by atoms with E-state index in [-0.39, 0.29) is 5.78 Å². The van der Waals surface area contributed by atoms with Gasteiger partial charge in [-0.1, -0.05) is 6.07 Å². The van der Waals surface area contributed by atoms with Gasteiger partial charge in [0, 0.05) is 23.9 Å². The van der Waals surface area contributed by atoms with Crippen molar-refractivity contribution in [1.29, 1.82) is 0 Å². The highest BCUT2D eigenvalue weighted by Gasteiger charge is 2.27. The van der Waals surface area contributed by atoms with Gasteiger partial charge in [-0.05, 0) is 39.4 Å². The number of likely N-dealkylation sites (N-methyl/N-ethyl adjacent to an activating group) is 1. The van der Waals surface area contributed by atoms with Gasteiger partial charge in [0.25, 0.3) is 0 Å². The van der Waals surface area contributed by atoms with Gasteiger partial charge < -0.3 is 19.2 Å². The molecule has 28 heavy (non-hydrogen) atoms. The topological polar surface area (TPSA) is 80.9 Å². The Labute approximate surface area is 165 Å². The van der Waals surface area contributed by atoms with Gasteiger partial charge in [0.2, 0.25) is 0 Å². The molecule has 0 fully saturated rings. The zero-order valence-electron chi connectivity index (χ0n) is 17.5. The van der Waals surface area contributed by atoms with Gasteiger partial charge in [0.05, 0.1) is 38.6 Å². The second-order valence-electron chi connectivity index (χ2n) is 6.75. The standard InChI is InChI=1S/C21H28N2O5/c1-12-18(21(25)28-7)13(2)22-19(12)20(24)14(3)23(4)11-15-8-9-16(26-5)10-17(15)27-6/h8-10,14,22H,11H2,1-7H3/t14-/m1/s1. The average Bonchev–Trinajstić information content (AvgIpc) is 3.00. The van der Waals surface area contributed by atoms with E-state index in [1.54, 1.807) is 28.1 Å². The first-order chi connectivity index (χ1) is 13.2. The molecule has 0 unspecified atom stereocenters. The van der Waals surface area contributed by atoms with Crippen LogP contribution in [0.3, 0.4) is 0 Å². The highest BCUT2D eigenvalue weighted by Crippen LogP contribution is 2.27. The van der Waals surface area contributed by atoms with Gasteiger partial charge in [0.15, 0.2) is 5.78 Å². The number of hydrogen-bond acceptors (Lipinski definition) is 6. The summed E-state index contributed by atoms with van der Waals surface area (Å²) >= 11 is 0. The molecule has 1 N–H and O–H groups in total. The quantitative estimate of drug-likeness (QED) is 0.553. The van der Waals surface area contributed by atoms with E-state index in [1.165, 1.54) is 7.11 Å². The molecule has 7 nitrogen and oxygen atoms in total. The molecule has 1 heterocycles. The van der Waals surface area contributed by atoms with Crippen LogP contribution in [0.2, 0.25) is 0 Å². The van der Waals surface area contributed by atoms with Crippen LogP contribution in [0.15, 0.2) is 18.2 Å². The van der Waals surface area contributed by atoms with Crippen molar-refractivity contribution in [2.45, 2.75) is 33.4 Å². The van der Waals surface area contributed by atoms with E-state index >= 15 is 0 Å². The highest BCUT2D eigenvalue weighted by molar-refractivity contribution is 6.03. The van der Waals surface area contributed by atoms with Crippen LogP contribution in [0.4, 0.5) is 0 Å². The SMILES string of the molecule is COC(=O)c1c(C)[nH]c(C(=O)[C@@H](C)N(C)Cc2ccc(OC)cc2OC)c1C. The number of ether oxygens (including phenoxy) is 3. The maximum atomic E-state index is 13.1. The van der Waals surface area contributed by atoms with Crippen LogP contribution in [0.1, 0.15) is 44.6 Å². The largest absolute Gasteiger partial charge is 0.497 e. The number of nitrogens with zero attached hydrogens (tertiary/aromatic N) is 1. The molecular formula is C21H28N2O5. The fraction of sp³-hybridized carbons (Fsp3) is 0.429. The van der Waals surface area contributed by atoms with Gasteiger partial charge in [0.1, 0.15) is 11.5 Å². The minimum absolute atomic E-state index is 0.0919. The van der Waals surface area contributed by atoms with Crippen LogP contribution in [0.5, 0.6) is 11.5 Å². The maximum absolute atomic E-state index is 13.1. The lowest BCUT2D eigenvalue weighted by Gasteiger charge is -2.24. The number of aromatic nitrogens is 1. The number of esters is 1. The maximum Gasteiger partial charge on any atom is 0.339 e. The van der Waals surface area contributed by atoms with Crippen molar-refractivity contribution in [3.05, 3.63) is 46.3 Å². The van der Waals surface area contributed by atoms with Crippen LogP contribution in [0, 0.1) is 13.8 Å². The second kappa shape index (κ2) is 8.93. The lowest BCUT2D eigenvalue weighted by molar-refractivity contribution is 0.0599. The number of carbonyl (C=O) groups excluding carboxylic acids is 2. The third-order valence-corrected chi connectivity index (χ3v) is 5.03. The van der Waals surface area contributed by atoms with E-state index in [9.17, 15) is 9.59 Å². The third-order valence-electron chi connectivity index (χ3n) is 5.03. The van der Waals surface area contributed by atoms with E-state index in [2.05, 4.69) is 4.98 Å². The van der Waals surface area contributed by atoms with Crippen molar-refractivity contribution in [1.82, 2.24) is 9.88 Å². The lowest BCUT2D eigenvalue weighted by Crippen LogP contribution is -2.36. The fourth-order valence-corrected chi connectivity index (χ4v) is 3.20. The van der Waals surface area contributed by atoms with Gasteiger partial charge in [-0.3, -0.25) is 9.69 Å². The molecule has 0 saturated carbocycles. The molecule has 1 aromatic carbocycles. The second-order valence-corrected chi connectivity index (χ2v) is 6.75. The number of benzene rings is 1. The predicted molar refractivity (Wildman–Crippen MR) is 106 cm³/mol. The number of H-pyrrole nitrogens is 1. The van der Waals surface area contributed by atoms with Crippen LogP contribution in [-0.4, -0.2) is 56.1 Å². The molecule has 0 aliphatic rings. The molecule has 0 aliphatic heterocycles. The van der Waals surface area contributed by atoms with Crippen LogP contribution in [-0.2, 0) is 11.3 Å². The third kappa shape index (κ3) is 4.20. The monoisotopic (exact) mass is 388 g/mol. The average molecular weight is 388 g/mol. The minimum Gasteiger partial charge on any atom is -0.497 e. The normalized spacial score (nSPS) is 12.0. The van der Waals surface area contributed by atoms with Crippen molar-refractivity contribution < 1.29 is 23.8 Å². The van der Waals surface area contributed by atoms with Gasteiger partial charge >= 0.3 is 5.97 Å². The van der Waals surface area contributed by atoms with Crippen LogP contribution in [0.25, 0.3) is 0 Å². The summed E-state index contributed by atoms with van der Waals surface area (Å²) in [7, 11) is 6.41. The van der Waals surface area contributed by atoms with Gasteiger partial charge in [-0.2, -0.15) is 0 Å². The number of rotatable bonds is 8. The Morgan fingerprint density at radius 2 is 1.82 bits per heavy atom. The number of carbonyl (C=O) groups is 2. The first-order valence-electron chi connectivity index (χ1n) is 8.97. The molecule has 7 heteroatoms. The molecule has 0 radical (unpaired) electrons. The molecule has 0 bridgehead atoms. The van der Waals surface area contributed by atoms with Crippen molar-refractivity contribution in [3.63, 3.8) is 0 Å². The summed E-state index contributed by atoms with van der Waals surface area (Å²) in [5, 5.41) is 0. The summed E-state index contributed by atoms with van der Waals surface area (Å²) in [6.07, 6.45) is 0. The summed E-state index contributed by atoms with van der Waals surface area (Å²) in [6.45, 7) is 5.86. The Balaban J connectivity index is 2.23. The molecule has 0 saturated heterocycles. The number of hydrogen-bond donors (Lipinski definition) is 1.